The monoisotopic (exact) mass is 598 g/mol. The number of nitrogens with one attached hydrogen (secondary N) is 3. The van der Waals surface area contributed by atoms with Crippen LogP contribution in [0.2, 0.25) is 0 Å². The molecule has 0 radical (unpaired) electrons. The van der Waals surface area contributed by atoms with Crippen molar-refractivity contribution in [3.8, 4) is 5.75 Å². The highest BCUT2D eigenvalue weighted by molar-refractivity contribution is 9.10. The third-order valence-electron chi connectivity index (χ3n) is 5.47. The molecule has 4 aromatic carbocycles. The molecule has 3 N–H and O–H groups in total. The number of hydrazone groups is 1. The van der Waals surface area contributed by atoms with Crippen LogP contribution in [-0.4, -0.2) is 29.9 Å². The summed E-state index contributed by atoms with van der Waals surface area (Å²) in [6, 6.07) is 26.8. The van der Waals surface area contributed by atoms with Crippen molar-refractivity contribution in [3.63, 3.8) is 0 Å². The van der Waals surface area contributed by atoms with Crippen molar-refractivity contribution in [2.75, 3.05) is 10.6 Å². The molecule has 0 unspecified atom stereocenters. The zero-order chi connectivity index (χ0) is 28.5. The Morgan fingerprint density at radius 1 is 0.800 bits per heavy atom. The van der Waals surface area contributed by atoms with Gasteiger partial charge in [-0.25, -0.2) is 10.2 Å². The van der Waals surface area contributed by atoms with E-state index in [0.717, 1.165) is 10.0 Å². The summed E-state index contributed by atoms with van der Waals surface area (Å²) in [7, 11) is 0. The largest absolute Gasteiger partial charge is 0.423 e. The van der Waals surface area contributed by atoms with Crippen molar-refractivity contribution in [3.05, 3.63) is 124 Å². The van der Waals surface area contributed by atoms with E-state index in [1.54, 1.807) is 72.8 Å². The van der Waals surface area contributed by atoms with Gasteiger partial charge in [0, 0.05) is 10.2 Å². The number of halogens is 1. The van der Waals surface area contributed by atoms with Gasteiger partial charge in [0.25, 0.3) is 5.91 Å². The lowest BCUT2D eigenvalue weighted by molar-refractivity contribution is -0.136. The van der Waals surface area contributed by atoms with E-state index in [0.29, 0.717) is 22.6 Å². The molecule has 9 nitrogen and oxygen atoms in total. The van der Waals surface area contributed by atoms with Gasteiger partial charge in [-0.1, -0.05) is 51.8 Å². The highest BCUT2D eigenvalue weighted by atomic mass is 79.9. The molecule has 0 heterocycles. The maximum atomic E-state index is 12.8. The van der Waals surface area contributed by atoms with Crippen LogP contribution in [0.25, 0.3) is 0 Å². The molecule has 10 heteroatoms. The number of amides is 3. The minimum atomic E-state index is -1.02. The van der Waals surface area contributed by atoms with Crippen LogP contribution in [-0.2, 0) is 9.59 Å². The molecule has 0 bridgehead atoms. The van der Waals surface area contributed by atoms with Crippen LogP contribution in [0.3, 0.4) is 0 Å². The summed E-state index contributed by atoms with van der Waals surface area (Å²) >= 11 is 3.31. The fraction of sp³-hybridized carbons (Fsp3) is 0.0333. The number of anilines is 2. The summed E-state index contributed by atoms with van der Waals surface area (Å²) in [5.74, 6) is -2.64. The predicted molar refractivity (Wildman–Crippen MR) is 155 cm³/mol. The minimum absolute atomic E-state index is 0.171. The van der Waals surface area contributed by atoms with Crippen molar-refractivity contribution < 1.29 is 23.9 Å². The first-order valence-corrected chi connectivity index (χ1v) is 12.8. The number of aryl methyl sites for hydroxylation is 1. The first kappa shape index (κ1) is 27.9. The third-order valence-corrected chi connectivity index (χ3v) is 5.96. The van der Waals surface area contributed by atoms with Crippen LogP contribution in [0.4, 0.5) is 11.4 Å². The molecule has 200 valence electrons. The van der Waals surface area contributed by atoms with E-state index in [2.05, 4.69) is 37.1 Å². The number of rotatable bonds is 7. The quantitative estimate of drug-likeness (QED) is 0.0872. The van der Waals surface area contributed by atoms with Gasteiger partial charge < -0.3 is 15.4 Å². The number of esters is 1. The Kier molecular flexibility index (Phi) is 9.16. The highest BCUT2D eigenvalue weighted by Crippen LogP contribution is 2.19. The Labute approximate surface area is 238 Å². The minimum Gasteiger partial charge on any atom is -0.423 e. The lowest BCUT2D eigenvalue weighted by Crippen LogP contribution is -2.33. The average molecular weight is 599 g/mol. The second kappa shape index (κ2) is 13.1. The first-order chi connectivity index (χ1) is 19.3. The van der Waals surface area contributed by atoms with Crippen molar-refractivity contribution in [1.82, 2.24) is 5.43 Å². The number of hydrogen-bond acceptors (Lipinski definition) is 6. The zero-order valence-corrected chi connectivity index (χ0v) is 22.8. The maximum Gasteiger partial charge on any atom is 0.343 e. The van der Waals surface area contributed by atoms with Crippen LogP contribution in [0, 0.1) is 6.92 Å². The van der Waals surface area contributed by atoms with Crippen molar-refractivity contribution >= 4 is 57.2 Å². The third kappa shape index (κ3) is 7.71. The van der Waals surface area contributed by atoms with Gasteiger partial charge in [0.2, 0.25) is 0 Å². The Bertz CT molecular complexity index is 1580. The summed E-state index contributed by atoms with van der Waals surface area (Å²) in [5, 5.41) is 9.00. The summed E-state index contributed by atoms with van der Waals surface area (Å²) < 4.78 is 6.11. The van der Waals surface area contributed by atoms with Crippen LogP contribution in [0.15, 0.2) is 107 Å². The molecule has 0 saturated carbocycles. The van der Waals surface area contributed by atoms with Gasteiger partial charge in [0.05, 0.1) is 23.0 Å². The molecular formula is C30H23BrN4O5. The van der Waals surface area contributed by atoms with Gasteiger partial charge in [-0.05, 0) is 79.2 Å². The summed E-state index contributed by atoms with van der Waals surface area (Å²) in [5.41, 5.74) is 5.14. The van der Waals surface area contributed by atoms with Gasteiger partial charge in [-0.3, -0.25) is 14.4 Å². The lowest BCUT2D eigenvalue weighted by Gasteiger charge is -2.11. The number of ether oxygens (including phenoxy) is 1. The standard InChI is InChI=1S/C30H23BrN4O5/c1-19-9-13-23(14-10-19)33-27(36)25-7-2-3-8-26(25)34-28(37)29(38)35-32-18-20-11-15-24(16-12-20)40-30(39)21-5-4-6-22(31)17-21/h2-18H,1H3,(H,33,36)(H,34,37)(H,35,38)/b32-18+. The maximum absolute atomic E-state index is 12.8. The molecule has 4 aromatic rings. The number of nitrogens with zero attached hydrogens (tertiary/aromatic N) is 1. The number of carbonyl (C=O) groups is 4. The fourth-order valence-corrected chi connectivity index (χ4v) is 3.82. The highest BCUT2D eigenvalue weighted by Gasteiger charge is 2.18. The summed E-state index contributed by atoms with van der Waals surface area (Å²) in [4.78, 5) is 49.7. The smallest absolute Gasteiger partial charge is 0.343 e. The predicted octanol–water partition coefficient (Wildman–Crippen LogP) is 5.32. The molecule has 0 aliphatic heterocycles. The van der Waals surface area contributed by atoms with E-state index >= 15 is 0 Å². The van der Waals surface area contributed by atoms with Crippen molar-refractivity contribution in [2.45, 2.75) is 6.92 Å². The van der Waals surface area contributed by atoms with Gasteiger partial charge in [-0.2, -0.15) is 5.10 Å². The first-order valence-electron chi connectivity index (χ1n) is 12.0. The lowest BCUT2D eigenvalue weighted by atomic mass is 10.1. The van der Waals surface area contributed by atoms with E-state index in [4.69, 9.17) is 4.74 Å². The number of benzene rings is 4. The average Bonchev–Trinajstić information content (AvgIpc) is 2.95. The Balaban J connectivity index is 1.30. The van der Waals surface area contributed by atoms with Gasteiger partial charge in [-0.15, -0.1) is 0 Å². The Morgan fingerprint density at radius 3 is 2.25 bits per heavy atom. The zero-order valence-electron chi connectivity index (χ0n) is 21.2. The van der Waals surface area contributed by atoms with Crippen molar-refractivity contribution in [2.24, 2.45) is 5.10 Å². The summed E-state index contributed by atoms with van der Waals surface area (Å²) in [6.45, 7) is 1.94. The van der Waals surface area contributed by atoms with Gasteiger partial charge >= 0.3 is 17.8 Å². The van der Waals surface area contributed by atoms with Crippen LogP contribution < -0.4 is 20.8 Å². The van der Waals surface area contributed by atoms with Crippen molar-refractivity contribution in [1.29, 1.82) is 0 Å². The molecule has 0 saturated heterocycles. The molecule has 0 spiro atoms. The summed E-state index contributed by atoms with van der Waals surface area (Å²) in [6.07, 6.45) is 1.33. The van der Waals surface area contributed by atoms with Crippen LogP contribution in [0.5, 0.6) is 5.75 Å². The molecule has 0 aliphatic carbocycles. The Morgan fingerprint density at radius 2 is 1.52 bits per heavy atom. The normalized spacial score (nSPS) is 10.6. The molecule has 4 rings (SSSR count). The molecule has 0 atom stereocenters. The van der Waals surface area contributed by atoms with E-state index in [1.807, 2.05) is 19.1 Å². The molecular weight excluding hydrogens is 576 g/mol. The molecule has 0 fully saturated rings. The van der Waals surface area contributed by atoms with Gasteiger partial charge in [0.15, 0.2) is 0 Å². The molecule has 0 aliphatic rings. The molecule has 40 heavy (non-hydrogen) atoms. The SMILES string of the molecule is Cc1ccc(NC(=O)c2ccccc2NC(=O)C(=O)N/N=C/c2ccc(OC(=O)c3cccc(Br)c3)cc2)cc1. The fourth-order valence-electron chi connectivity index (χ4n) is 3.42. The van der Waals surface area contributed by atoms with Crippen LogP contribution >= 0.6 is 15.9 Å². The van der Waals surface area contributed by atoms with Gasteiger partial charge in [0.1, 0.15) is 5.75 Å². The molecule has 3 amide bonds. The topological polar surface area (TPSA) is 126 Å². The van der Waals surface area contributed by atoms with E-state index in [-0.39, 0.29) is 11.3 Å². The second-order valence-corrected chi connectivity index (χ2v) is 9.40. The number of hydrogen-bond donors (Lipinski definition) is 3. The molecule has 0 aromatic heterocycles. The second-order valence-electron chi connectivity index (χ2n) is 8.49. The van der Waals surface area contributed by atoms with Crippen LogP contribution in [0.1, 0.15) is 31.8 Å². The number of carbonyl (C=O) groups excluding carboxylic acids is 4. The van der Waals surface area contributed by atoms with E-state index < -0.39 is 23.7 Å². The van der Waals surface area contributed by atoms with E-state index in [1.165, 1.54) is 18.3 Å². The number of para-hydroxylation sites is 1. The Hall–Kier alpha value is -5.09. The van der Waals surface area contributed by atoms with E-state index in [9.17, 15) is 19.2 Å².